The zero-order chi connectivity index (χ0) is 18.0. The van der Waals surface area contributed by atoms with Crippen LogP contribution < -0.4 is 0 Å². The summed E-state index contributed by atoms with van der Waals surface area (Å²) >= 11 is 0. The molecule has 0 aromatic carbocycles. The van der Waals surface area contributed by atoms with E-state index in [0.29, 0.717) is 12.5 Å². The fourth-order valence-corrected chi connectivity index (χ4v) is 3.40. The summed E-state index contributed by atoms with van der Waals surface area (Å²) in [4.78, 5) is 22.1. The van der Waals surface area contributed by atoms with Gasteiger partial charge in [-0.05, 0) is 51.4 Å². The van der Waals surface area contributed by atoms with Crippen LogP contribution in [0.2, 0.25) is 0 Å². The molecule has 1 saturated carbocycles. The van der Waals surface area contributed by atoms with Crippen LogP contribution in [0.3, 0.4) is 0 Å². The molecule has 0 aromatic heterocycles. The van der Waals surface area contributed by atoms with Gasteiger partial charge in [0.2, 0.25) is 0 Å². The lowest BCUT2D eigenvalue weighted by Crippen LogP contribution is -2.23. The van der Waals surface area contributed by atoms with Crippen LogP contribution in [0.25, 0.3) is 0 Å². The Labute approximate surface area is 148 Å². The molecule has 0 heterocycles. The van der Waals surface area contributed by atoms with Crippen molar-refractivity contribution in [3.63, 3.8) is 0 Å². The molecule has 24 heavy (non-hydrogen) atoms. The van der Waals surface area contributed by atoms with Gasteiger partial charge in [0.15, 0.2) is 0 Å². The molecule has 0 aromatic rings. The molecular weight excluding hydrogens is 300 g/mol. The van der Waals surface area contributed by atoms with Gasteiger partial charge in [0, 0.05) is 6.42 Å². The highest BCUT2D eigenvalue weighted by Crippen LogP contribution is 2.48. The average molecular weight is 339 g/mol. The van der Waals surface area contributed by atoms with Crippen LogP contribution in [0.1, 0.15) is 91.9 Å². The van der Waals surface area contributed by atoms with E-state index in [1.807, 2.05) is 20.8 Å². The summed E-state index contributed by atoms with van der Waals surface area (Å²) in [6.45, 7) is 8.46. The van der Waals surface area contributed by atoms with Crippen LogP contribution in [0.5, 0.6) is 0 Å². The van der Waals surface area contributed by atoms with Gasteiger partial charge in [0.05, 0.1) is 12.0 Å². The molecule has 0 radical (unpaired) electrons. The smallest absolute Gasteiger partial charge is 0.311 e. The number of carbonyl (C=O) groups is 2. The lowest BCUT2D eigenvalue weighted by atomic mass is 9.97. The average Bonchev–Trinajstić information content (AvgIpc) is 3.28. The second kappa shape index (κ2) is 10.9. The zero-order valence-electron chi connectivity index (χ0n) is 16.3. The van der Waals surface area contributed by atoms with Crippen LogP contribution >= 0.6 is 0 Å². The van der Waals surface area contributed by atoms with Gasteiger partial charge < -0.3 is 9.53 Å². The monoisotopic (exact) mass is 338 g/mol. The van der Waals surface area contributed by atoms with Crippen molar-refractivity contribution in [1.82, 2.24) is 0 Å². The molecular formula is C21H38O3. The maximum atomic E-state index is 11.6. The first kappa shape index (κ1) is 21.2. The van der Waals surface area contributed by atoms with E-state index < -0.39 is 0 Å². The Hall–Kier alpha value is -0.860. The molecule has 1 fully saturated rings. The van der Waals surface area contributed by atoms with Crippen molar-refractivity contribution in [1.29, 1.82) is 0 Å². The molecule has 3 nitrogen and oxygen atoms in total. The summed E-state index contributed by atoms with van der Waals surface area (Å²) in [6.07, 6.45) is 13.2. The van der Waals surface area contributed by atoms with Gasteiger partial charge in [0.25, 0.3) is 0 Å². The number of esters is 1. The molecule has 1 unspecified atom stereocenters. The Morgan fingerprint density at radius 3 is 2.25 bits per heavy atom. The van der Waals surface area contributed by atoms with Crippen molar-refractivity contribution < 1.29 is 14.3 Å². The van der Waals surface area contributed by atoms with Gasteiger partial charge >= 0.3 is 5.97 Å². The van der Waals surface area contributed by atoms with Crippen LogP contribution in [-0.4, -0.2) is 18.9 Å². The molecule has 3 heteroatoms. The van der Waals surface area contributed by atoms with E-state index in [1.54, 1.807) is 0 Å². The van der Waals surface area contributed by atoms with Gasteiger partial charge in [-0.25, -0.2) is 0 Å². The molecule has 140 valence electrons. The third-order valence-corrected chi connectivity index (χ3v) is 5.24. The first-order valence-corrected chi connectivity index (χ1v) is 9.97. The Morgan fingerprint density at radius 1 is 1.08 bits per heavy atom. The van der Waals surface area contributed by atoms with Gasteiger partial charge in [-0.1, -0.05) is 51.9 Å². The summed E-state index contributed by atoms with van der Waals surface area (Å²) in [5.41, 5.74) is -0.383. The van der Waals surface area contributed by atoms with Gasteiger partial charge in [-0.2, -0.15) is 0 Å². The van der Waals surface area contributed by atoms with Crippen molar-refractivity contribution >= 4 is 12.3 Å². The standard InChI is InChI=1S/C21H38O3/c1-17(13-14-22)19-16-18(19)12-10-8-6-5-7-9-11-15-24-20(23)21(2,3)4/h14,17-19H,5-13,15-16H2,1-4H3/t17?,18-,19+/m0/s1. The SMILES string of the molecule is CC(CC=O)[C@H]1C[C@@H]1CCCCCCCCCOC(=O)C(C)(C)C. The van der Waals surface area contributed by atoms with E-state index in [-0.39, 0.29) is 11.4 Å². The fraction of sp³-hybridized carbons (Fsp3) is 0.905. The number of hydrogen-bond acceptors (Lipinski definition) is 3. The summed E-state index contributed by atoms with van der Waals surface area (Å²) in [5, 5.41) is 0. The van der Waals surface area contributed by atoms with E-state index in [1.165, 1.54) is 44.9 Å². The van der Waals surface area contributed by atoms with E-state index in [2.05, 4.69) is 6.92 Å². The lowest BCUT2D eigenvalue weighted by molar-refractivity contribution is -0.153. The highest BCUT2D eigenvalue weighted by Gasteiger charge is 2.39. The summed E-state index contributed by atoms with van der Waals surface area (Å²) in [5.74, 6) is 2.23. The normalized spacial score (nSPS) is 21.3. The minimum Gasteiger partial charge on any atom is -0.465 e. The van der Waals surface area contributed by atoms with E-state index in [0.717, 1.165) is 37.4 Å². The van der Waals surface area contributed by atoms with Crippen molar-refractivity contribution in [3.05, 3.63) is 0 Å². The van der Waals surface area contributed by atoms with Gasteiger partial charge in [0.1, 0.15) is 6.29 Å². The number of ether oxygens (including phenoxy) is 1. The molecule has 1 rings (SSSR count). The predicted molar refractivity (Wildman–Crippen MR) is 98.8 cm³/mol. The molecule has 3 atom stereocenters. The van der Waals surface area contributed by atoms with Gasteiger partial charge in [-0.15, -0.1) is 0 Å². The molecule has 0 amide bonds. The van der Waals surface area contributed by atoms with Crippen molar-refractivity contribution in [2.75, 3.05) is 6.61 Å². The summed E-state index contributed by atoms with van der Waals surface area (Å²) in [7, 11) is 0. The minimum absolute atomic E-state index is 0.0941. The third kappa shape index (κ3) is 8.84. The highest BCUT2D eigenvalue weighted by atomic mass is 16.5. The minimum atomic E-state index is -0.383. The molecule has 0 saturated heterocycles. The Morgan fingerprint density at radius 2 is 1.67 bits per heavy atom. The Balaban J connectivity index is 1.83. The van der Waals surface area contributed by atoms with Crippen molar-refractivity contribution in [3.8, 4) is 0 Å². The maximum Gasteiger partial charge on any atom is 0.311 e. The lowest BCUT2D eigenvalue weighted by Gasteiger charge is -2.16. The van der Waals surface area contributed by atoms with E-state index in [9.17, 15) is 9.59 Å². The summed E-state index contributed by atoms with van der Waals surface area (Å²) < 4.78 is 5.27. The van der Waals surface area contributed by atoms with Crippen molar-refractivity contribution in [2.24, 2.45) is 23.2 Å². The second-order valence-electron chi connectivity index (χ2n) is 8.69. The number of carbonyl (C=O) groups excluding carboxylic acids is 2. The van der Waals surface area contributed by atoms with Gasteiger partial charge in [-0.3, -0.25) is 4.79 Å². The van der Waals surface area contributed by atoms with Crippen LogP contribution in [-0.2, 0) is 14.3 Å². The molecule has 0 N–H and O–H groups in total. The zero-order valence-corrected chi connectivity index (χ0v) is 16.3. The third-order valence-electron chi connectivity index (χ3n) is 5.24. The predicted octanol–water partition coefficient (Wildman–Crippen LogP) is 5.56. The summed E-state index contributed by atoms with van der Waals surface area (Å²) in [6, 6.07) is 0. The molecule has 0 spiro atoms. The van der Waals surface area contributed by atoms with E-state index in [4.69, 9.17) is 4.74 Å². The van der Waals surface area contributed by atoms with E-state index >= 15 is 0 Å². The fourth-order valence-electron chi connectivity index (χ4n) is 3.40. The highest BCUT2D eigenvalue weighted by molar-refractivity contribution is 5.75. The number of aldehydes is 1. The first-order valence-electron chi connectivity index (χ1n) is 9.97. The van der Waals surface area contributed by atoms with Crippen LogP contribution in [0, 0.1) is 23.2 Å². The largest absolute Gasteiger partial charge is 0.465 e. The topological polar surface area (TPSA) is 43.4 Å². The second-order valence-corrected chi connectivity index (χ2v) is 8.69. The van der Waals surface area contributed by atoms with Crippen LogP contribution in [0.4, 0.5) is 0 Å². The quantitative estimate of drug-likeness (QED) is 0.251. The Bertz CT molecular complexity index is 370. The first-order chi connectivity index (χ1) is 11.4. The number of rotatable bonds is 13. The van der Waals surface area contributed by atoms with Crippen molar-refractivity contribution in [2.45, 2.75) is 91.9 Å². The Kier molecular flexibility index (Phi) is 9.61. The number of hydrogen-bond donors (Lipinski definition) is 0. The molecule has 0 aliphatic heterocycles. The van der Waals surface area contributed by atoms with Crippen LogP contribution in [0.15, 0.2) is 0 Å². The number of unbranched alkanes of at least 4 members (excludes halogenated alkanes) is 6. The molecule has 1 aliphatic rings. The molecule has 1 aliphatic carbocycles. The maximum absolute atomic E-state index is 11.6. The molecule has 0 bridgehead atoms.